The number of nitrogens with one attached hydrogen (secondary N) is 2. The normalized spacial score (nSPS) is 10.9. The molecular formula is C24H22FN5O2S. The lowest BCUT2D eigenvalue weighted by Gasteiger charge is -2.13. The van der Waals surface area contributed by atoms with Crippen molar-refractivity contribution in [3.8, 4) is 11.6 Å². The number of benzene rings is 2. The molecule has 0 spiro atoms. The van der Waals surface area contributed by atoms with E-state index >= 15 is 0 Å². The summed E-state index contributed by atoms with van der Waals surface area (Å²) in [7, 11) is 0. The number of amides is 1. The smallest absolute Gasteiger partial charge is 0.247 e. The number of aromatic nitrogens is 3. The largest absolute Gasteiger partial charge is 0.434 e. The highest BCUT2D eigenvalue weighted by atomic mass is 32.1. The molecule has 4 aromatic rings. The molecule has 9 heteroatoms. The van der Waals surface area contributed by atoms with Crippen molar-refractivity contribution in [2.24, 2.45) is 0 Å². The van der Waals surface area contributed by atoms with E-state index in [2.05, 4.69) is 20.6 Å². The van der Waals surface area contributed by atoms with Crippen molar-refractivity contribution in [3.05, 3.63) is 78.5 Å². The summed E-state index contributed by atoms with van der Waals surface area (Å²) >= 11 is 5.17. The van der Waals surface area contributed by atoms with Crippen LogP contribution in [0.5, 0.6) is 11.6 Å². The van der Waals surface area contributed by atoms with Crippen LogP contribution in [0, 0.1) is 5.82 Å². The monoisotopic (exact) mass is 463 g/mol. The SMILES string of the molecule is CC(C)n1ccc2ncnc(Oc3ccc(NC(=S)NC(=O)Cc4ccccc4)cc3F)c21. The van der Waals surface area contributed by atoms with E-state index in [1.807, 2.05) is 61.0 Å². The number of nitrogens with zero attached hydrogens (tertiary/aromatic N) is 3. The Morgan fingerprint density at radius 3 is 2.67 bits per heavy atom. The van der Waals surface area contributed by atoms with Gasteiger partial charge >= 0.3 is 0 Å². The third-order valence-electron chi connectivity index (χ3n) is 4.88. The highest BCUT2D eigenvalue weighted by Gasteiger charge is 2.15. The highest BCUT2D eigenvalue weighted by Crippen LogP contribution is 2.31. The van der Waals surface area contributed by atoms with Crippen LogP contribution < -0.4 is 15.4 Å². The van der Waals surface area contributed by atoms with Crippen LogP contribution in [0.1, 0.15) is 25.5 Å². The Labute approximate surface area is 195 Å². The summed E-state index contributed by atoms with van der Waals surface area (Å²) in [6.07, 6.45) is 3.47. The van der Waals surface area contributed by atoms with Crippen molar-refractivity contribution in [1.82, 2.24) is 19.9 Å². The number of hydrogen-bond acceptors (Lipinski definition) is 5. The molecule has 2 aromatic heterocycles. The zero-order valence-corrected chi connectivity index (χ0v) is 18.9. The molecule has 0 unspecified atom stereocenters. The van der Waals surface area contributed by atoms with E-state index in [1.54, 1.807) is 6.07 Å². The minimum absolute atomic E-state index is 0.0103. The van der Waals surface area contributed by atoms with Gasteiger partial charge in [-0.05, 0) is 49.8 Å². The van der Waals surface area contributed by atoms with E-state index in [0.29, 0.717) is 16.7 Å². The van der Waals surface area contributed by atoms with E-state index < -0.39 is 5.82 Å². The van der Waals surface area contributed by atoms with Gasteiger partial charge in [0, 0.05) is 24.0 Å². The van der Waals surface area contributed by atoms with Crippen molar-refractivity contribution in [3.63, 3.8) is 0 Å². The topological polar surface area (TPSA) is 81.1 Å². The number of halogens is 1. The second-order valence-electron chi connectivity index (χ2n) is 7.64. The van der Waals surface area contributed by atoms with Gasteiger partial charge in [-0.3, -0.25) is 4.79 Å². The summed E-state index contributed by atoms with van der Waals surface area (Å²) in [5, 5.41) is 5.49. The Bertz CT molecular complexity index is 1310. The van der Waals surface area contributed by atoms with Crippen LogP contribution in [0.3, 0.4) is 0 Å². The number of hydrogen-bond donors (Lipinski definition) is 2. The molecule has 0 aliphatic rings. The van der Waals surface area contributed by atoms with E-state index in [0.717, 1.165) is 5.56 Å². The van der Waals surface area contributed by atoms with Crippen molar-refractivity contribution in [1.29, 1.82) is 0 Å². The van der Waals surface area contributed by atoms with Gasteiger partial charge in [-0.2, -0.15) is 4.98 Å². The Kier molecular flexibility index (Phi) is 6.60. The Morgan fingerprint density at radius 1 is 1.15 bits per heavy atom. The molecule has 0 radical (unpaired) electrons. The van der Waals surface area contributed by atoms with Gasteiger partial charge < -0.3 is 19.9 Å². The summed E-state index contributed by atoms with van der Waals surface area (Å²) in [4.78, 5) is 20.6. The van der Waals surface area contributed by atoms with E-state index in [4.69, 9.17) is 17.0 Å². The molecule has 2 N–H and O–H groups in total. The number of carbonyl (C=O) groups is 1. The summed E-state index contributed by atoms with van der Waals surface area (Å²) in [6, 6.07) is 15.6. The Morgan fingerprint density at radius 2 is 1.94 bits per heavy atom. The van der Waals surface area contributed by atoms with Gasteiger partial charge in [-0.15, -0.1) is 0 Å². The summed E-state index contributed by atoms with van der Waals surface area (Å²) < 4.78 is 22.5. The van der Waals surface area contributed by atoms with Crippen molar-refractivity contribution < 1.29 is 13.9 Å². The molecule has 0 fully saturated rings. The lowest BCUT2D eigenvalue weighted by atomic mass is 10.1. The maximum absolute atomic E-state index is 14.8. The van der Waals surface area contributed by atoms with Crippen LogP contribution >= 0.6 is 12.2 Å². The zero-order chi connectivity index (χ0) is 23.4. The van der Waals surface area contributed by atoms with Gasteiger partial charge in [0.25, 0.3) is 0 Å². The third kappa shape index (κ3) is 5.32. The minimum Gasteiger partial charge on any atom is -0.434 e. The first-order chi connectivity index (χ1) is 15.9. The molecule has 0 aliphatic heterocycles. The molecule has 2 aromatic carbocycles. The quantitative estimate of drug-likeness (QED) is 0.392. The van der Waals surface area contributed by atoms with Crippen LogP contribution in [0.15, 0.2) is 67.1 Å². The van der Waals surface area contributed by atoms with Gasteiger partial charge in [-0.1, -0.05) is 30.3 Å². The van der Waals surface area contributed by atoms with E-state index in [1.165, 1.54) is 18.5 Å². The summed E-state index contributed by atoms with van der Waals surface area (Å²) in [6.45, 7) is 4.05. The average molecular weight is 464 g/mol. The van der Waals surface area contributed by atoms with Crippen molar-refractivity contribution in [2.45, 2.75) is 26.3 Å². The van der Waals surface area contributed by atoms with Gasteiger partial charge in [0.05, 0.1) is 11.9 Å². The number of fused-ring (bicyclic) bond motifs is 1. The lowest BCUT2D eigenvalue weighted by molar-refractivity contribution is -0.119. The maximum atomic E-state index is 14.8. The van der Waals surface area contributed by atoms with Gasteiger partial charge in [0.15, 0.2) is 16.7 Å². The fourth-order valence-corrected chi connectivity index (χ4v) is 3.58. The Hall–Kier alpha value is -3.85. The van der Waals surface area contributed by atoms with Gasteiger partial charge in [0.1, 0.15) is 11.8 Å². The van der Waals surface area contributed by atoms with Crippen LogP contribution in [0.25, 0.3) is 11.0 Å². The van der Waals surface area contributed by atoms with Crippen LogP contribution in [-0.2, 0) is 11.2 Å². The third-order valence-corrected chi connectivity index (χ3v) is 5.09. The molecule has 0 atom stereocenters. The molecule has 0 saturated carbocycles. The van der Waals surface area contributed by atoms with Gasteiger partial charge in [0.2, 0.25) is 11.8 Å². The Balaban J connectivity index is 1.43. The molecule has 0 bridgehead atoms. The first kappa shape index (κ1) is 22.3. The zero-order valence-electron chi connectivity index (χ0n) is 18.1. The van der Waals surface area contributed by atoms with E-state index in [-0.39, 0.29) is 35.1 Å². The number of rotatable bonds is 6. The maximum Gasteiger partial charge on any atom is 0.247 e. The highest BCUT2D eigenvalue weighted by molar-refractivity contribution is 7.80. The van der Waals surface area contributed by atoms with Gasteiger partial charge in [-0.25, -0.2) is 9.37 Å². The predicted octanol–water partition coefficient (Wildman–Crippen LogP) is 5.00. The number of thiocarbonyl (C=S) groups is 1. The van der Waals surface area contributed by atoms with Crippen molar-refractivity contribution in [2.75, 3.05) is 5.32 Å². The van der Waals surface area contributed by atoms with Crippen molar-refractivity contribution >= 4 is 40.0 Å². The second-order valence-corrected chi connectivity index (χ2v) is 8.05. The second kappa shape index (κ2) is 9.74. The lowest BCUT2D eigenvalue weighted by Crippen LogP contribution is -2.35. The standard InChI is InChI=1S/C24H22FN5O2S/c1-15(2)30-11-10-19-22(30)23(27-14-26-19)32-20-9-8-17(13-18(20)25)28-24(33)29-21(31)12-16-6-4-3-5-7-16/h3-11,13-15H,12H2,1-2H3,(H2,28,29,31,33). The molecule has 0 saturated heterocycles. The minimum atomic E-state index is -0.604. The predicted molar refractivity (Wildman–Crippen MR) is 129 cm³/mol. The fraction of sp³-hybridized carbons (Fsp3) is 0.167. The molecule has 7 nitrogen and oxygen atoms in total. The molecule has 2 heterocycles. The van der Waals surface area contributed by atoms with Crippen LogP contribution in [0.2, 0.25) is 0 Å². The van der Waals surface area contributed by atoms with E-state index in [9.17, 15) is 9.18 Å². The summed E-state index contributed by atoms with van der Waals surface area (Å²) in [5.74, 6) is -0.592. The molecule has 168 valence electrons. The molecular weight excluding hydrogens is 441 g/mol. The molecule has 4 rings (SSSR count). The average Bonchev–Trinajstić information content (AvgIpc) is 3.22. The number of carbonyl (C=O) groups excluding carboxylic acids is 1. The molecule has 0 aliphatic carbocycles. The molecule has 33 heavy (non-hydrogen) atoms. The summed E-state index contributed by atoms with van der Waals surface area (Å²) in [5.41, 5.74) is 2.65. The number of ether oxygens (including phenoxy) is 1. The van der Waals surface area contributed by atoms with Crippen LogP contribution in [-0.4, -0.2) is 25.6 Å². The fourth-order valence-electron chi connectivity index (χ4n) is 3.35. The van der Waals surface area contributed by atoms with Crippen LogP contribution in [0.4, 0.5) is 10.1 Å². The molecule has 1 amide bonds. The number of anilines is 1. The first-order valence-corrected chi connectivity index (χ1v) is 10.7. The first-order valence-electron chi connectivity index (χ1n) is 10.3.